The van der Waals surface area contributed by atoms with Gasteiger partial charge < -0.3 is 5.32 Å². The highest BCUT2D eigenvalue weighted by Crippen LogP contribution is 2.25. The highest BCUT2D eigenvalue weighted by atomic mass is 19.4. The average molecular weight is 224 g/mol. The number of alkyl halides is 3. The third kappa shape index (κ3) is 4.38. The number of piperidine rings is 1. The van der Waals surface area contributed by atoms with Crippen molar-refractivity contribution in [2.45, 2.75) is 44.4 Å². The van der Waals surface area contributed by atoms with Crippen LogP contribution in [0.25, 0.3) is 0 Å². The lowest BCUT2D eigenvalue weighted by Gasteiger charge is -2.37. The molecule has 0 aromatic rings. The Bertz CT molecular complexity index is 194. The van der Waals surface area contributed by atoms with Gasteiger partial charge in [0.2, 0.25) is 0 Å². The van der Waals surface area contributed by atoms with Gasteiger partial charge in [0.05, 0.1) is 6.42 Å². The van der Waals surface area contributed by atoms with E-state index in [-0.39, 0.29) is 0 Å². The molecule has 2 atom stereocenters. The number of likely N-dealkylation sites (N-methyl/N-ethyl adjacent to an activating group) is 1. The Morgan fingerprint density at radius 3 is 2.67 bits per heavy atom. The van der Waals surface area contributed by atoms with E-state index in [4.69, 9.17) is 0 Å². The van der Waals surface area contributed by atoms with Gasteiger partial charge in [0, 0.05) is 18.6 Å². The van der Waals surface area contributed by atoms with Gasteiger partial charge in [-0.05, 0) is 33.4 Å². The molecule has 2 nitrogen and oxygen atoms in total. The number of halogens is 3. The molecular formula is C10H19F3N2. The largest absolute Gasteiger partial charge is 0.390 e. The van der Waals surface area contributed by atoms with Gasteiger partial charge in [-0.2, -0.15) is 13.2 Å². The van der Waals surface area contributed by atoms with Crippen molar-refractivity contribution in [2.24, 2.45) is 0 Å². The third-order valence-corrected chi connectivity index (χ3v) is 3.01. The Kier molecular flexibility index (Phi) is 4.40. The zero-order valence-electron chi connectivity index (χ0n) is 9.27. The van der Waals surface area contributed by atoms with Gasteiger partial charge in [-0.15, -0.1) is 0 Å². The van der Waals surface area contributed by atoms with Crippen LogP contribution in [0, 0.1) is 0 Å². The maximum absolute atomic E-state index is 12.2. The minimum Gasteiger partial charge on any atom is -0.316 e. The smallest absolute Gasteiger partial charge is 0.316 e. The van der Waals surface area contributed by atoms with E-state index >= 15 is 0 Å². The van der Waals surface area contributed by atoms with E-state index in [9.17, 15) is 13.2 Å². The van der Waals surface area contributed by atoms with E-state index in [2.05, 4.69) is 5.32 Å². The standard InChI is InChI=1S/C10H19F3N2/c1-8(6-10(11,12)13)15-5-3-4-9(7-15)14-2/h8-9,14H,3-7H2,1-2H3. The molecule has 0 saturated carbocycles. The van der Waals surface area contributed by atoms with Crippen molar-refractivity contribution < 1.29 is 13.2 Å². The van der Waals surface area contributed by atoms with Crippen molar-refractivity contribution in [2.75, 3.05) is 20.1 Å². The van der Waals surface area contributed by atoms with Gasteiger partial charge in [-0.1, -0.05) is 0 Å². The molecule has 2 unspecified atom stereocenters. The second kappa shape index (κ2) is 5.16. The minimum atomic E-state index is -4.05. The van der Waals surface area contributed by atoms with E-state index < -0.39 is 18.6 Å². The summed E-state index contributed by atoms with van der Waals surface area (Å²) in [6.45, 7) is 3.18. The molecule has 0 spiro atoms. The molecule has 1 aliphatic rings. The van der Waals surface area contributed by atoms with E-state index in [1.807, 2.05) is 11.9 Å². The van der Waals surface area contributed by atoms with Gasteiger partial charge in [0.15, 0.2) is 0 Å². The van der Waals surface area contributed by atoms with Crippen LogP contribution in [0.15, 0.2) is 0 Å². The molecule has 0 aliphatic carbocycles. The first kappa shape index (κ1) is 12.8. The first-order chi connectivity index (χ1) is 6.92. The molecular weight excluding hydrogens is 205 g/mol. The molecule has 1 aliphatic heterocycles. The second-order valence-corrected chi connectivity index (χ2v) is 4.29. The summed E-state index contributed by atoms with van der Waals surface area (Å²) in [4.78, 5) is 1.93. The molecule has 0 aromatic heterocycles. The van der Waals surface area contributed by atoms with Gasteiger partial charge >= 0.3 is 6.18 Å². The van der Waals surface area contributed by atoms with Gasteiger partial charge in [0.1, 0.15) is 0 Å². The quantitative estimate of drug-likeness (QED) is 0.789. The van der Waals surface area contributed by atoms with Crippen LogP contribution in [0.4, 0.5) is 13.2 Å². The van der Waals surface area contributed by atoms with Gasteiger partial charge in [-0.25, -0.2) is 0 Å². The van der Waals surface area contributed by atoms with Crippen molar-refractivity contribution >= 4 is 0 Å². The highest BCUT2D eigenvalue weighted by Gasteiger charge is 2.33. The summed E-state index contributed by atoms with van der Waals surface area (Å²) in [7, 11) is 1.86. The maximum Gasteiger partial charge on any atom is 0.390 e. The SMILES string of the molecule is CNC1CCCN(C(C)CC(F)(F)F)C1. The molecule has 1 rings (SSSR count). The molecule has 1 N–H and O–H groups in total. The molecule has 0 radical (unpaired) electrons. The van der Waals surface area contributed by atoms with E-state index in [0.717, 1.165) is 25.9 Å². The molecule has 90 valence electrons. The summed E-state index contributed by atoms with van der Waals surface area (Å²) in [6.07, 6.45) is -2.71. The Labute approximate surface area is 88.8 Å². The molecule has 15 heavy (non-hydrogen) atoms. The van der Waals surface area contributed by atoms with Gasteiger partial charge in [0.25, 0.3) is 0 Å². The van der Waals surface area contributed by atoms with Crippen molar-refractivity contribution in [1.82, 2.24) is 10.2 Å². The predicted octanol–water partition coefficient (Wildman–Crippen LogP) is 2.01. The topological polar surface area (TPSA) is 15.3 Å². The Hall–Kier alpha value is -0.290. The van der Waals surface area contributed by atoms with E-state index in [1.165, 1.54) is 0 Å². The lowest BCUT2D eigenvalue weighted by atomic mass is 10.0. The molecule has 1 fully saturated rings. The number of likely N-dealkylation sites (tertiary alicyclic amines) is 1. The summed E-state index contributed by atoms with van der Waals surface area (Å²) in [5.41, 5.74) is 0. The van der Waals surface area contributed by atoms with Crippen LogP contribution in [-0.4, -0.2) is 43.3 Å². The Morgan fingerprint density at radius 1 is 1.47 bits per heavy atom. The van der Waals surface area contributed by atoms with Crippen LogP contribution in [0.3, 0.4) is 0 Å². The van der Waals surface area contributed by atoms with Crippen LogP contribution in [-0.2, 0) is 0 Å². The fraction of sp³-hybridized carbons (Fsp3) is 1.00. The first-order valence-electron chi connectivity index (χ1n) is 5.40. The molecule has 1 heterocycles. The Morgan fingerprint density at radius 2 is 2.13 bits per heavy atom. The summed E-state index contributed by atoms with van der Waals surface area (Å²) < 4.78 is 36.6. The number of nitrogens with one attached hydrogen (secondary N) is 1. The van der Waals surface area contributed by atoms with Crippen molar-refractivity contribution in [1.29, 1.82) is 0 Å². The van der Waals surface area contributed by atoms with Crippen LogP contribution in [0.5, 0.6) is 0 Å². The van der Waals surface area contributed by atoms with Crippen molar-refractivity contribution in [3.8, 4) is 0 Å². The monoisotopic (exact) mass is 224 g/mol. The van der Waals surface area contributed by atoms with Crippen LogP contribution >= 0.6 is 0 Å². The van der Waals surface area contributed by atoms with Crippen molar-refractivity contribution in [3.05, 3.63) is 0 Å². The van der Waals surface area contributed by atoms with Crippen molar-refractivity contribution in [3.63, 3.8) is 0 Å². The molecule has 1 saturated heterocycles. The number of hydrogen-bond acceptors (Lipinski definition) is 2. The number of rotatable bonds is 3. The zero-order chi connectivity index (χ0) is 11.5. The average Bonchev–Trinajstić information content (AvgIpc) is 2.15. The summed E-state index contributed by atoms with van der Waals surface area (Å²) in [5.74, 6) is 0. The van der Waals surface area contributed by atoms with E-state index in [0.29, 0.717) is 6.04 Å². The van der Waals surface area contributed by atoms with E-state index in [1.54, 1.807) is 6.92 Å². The Balaban J connectivity index is 2.41. The third-order valence-electron chi connectivity index (χ3n) is 3.01. The fourth-order valence-corrected chi connectivity index (χ4v) is 2.11. The fourth-order valence-electron chi connectivity index (χ4n) is 2.11. The number of nitrogens with zero attached hydrogens (tertiary/aromatic N) is 1. The lowest BCUT2D eigenvalue weighted by molar-refractivity contribution is -0.147. The lowest BCUT2D eigenvalue weighted by Crippen LogP contribution is -2.48. The highest BCUT2D eigenvalue weighted by molar-refractivity contribution is 4.81. The molecule has 5 heteroatoms. The zero-order valence-corrected chi connectivity index (χ0v) is 9.27. The second-order valence-electron chi connectivity index (χ2n) is 4.29. The normalized spacial score (nSPS) is 26.6. The maximum atomic E-state index is 12.2. The molecule has 0 amide bonds. The predicted molar refractivity (Wildman–Crippen MR) is 53.8 cm³/mol. The van der Waals surface area contributed by atoms with Gasteiger partial charge in [-0.3, -0.25) is 4.90 Å². The minimum absolute atomic E-state index is 0.342. The van der Waals surface area contributed by atoms with Crippen LogP contribution in [0.1, 0.15) is 26.2 Å². The number of hydrogen-bond donors (Lipinski definition) is 1. The molecule has 0 aromatic carbocycles. The van der Waals surface area contributed by atoms with Crippen LogP contribution < -0.4 is 5.32 Å². The first-order valence-corrected chi connectivity index (χ1v) is 5.40. The van der Waals surface area contributed by atoms with Crippen LogP contribution in [0.2, 0.25) is 0 Å². The summed E-state index contributed by atoms with van der Waals surface area (Å²) >= 11 is 0. The summed E-state index contributed by atoms with van der Waals surface area (Å²) in [6, 6.07) is -0.0596. The molecule has 0 bridgehead atoms. The summed E-state index contributed by atoms with van der Waals surface area (Å²) in [5, 5.41) is 3.13.